The van der Waals surface area contributed by atoms with E-state index in [0.29, 0.717) is 19.6 Å². The lowest BCUT2D eigenvalue weighted by Crippen LogP contribution is -2.27. The van der Waals surface area contributed by atoms with Crippen molar-refractivity contribution in [1.82, 2.24) is 4.90 Å². The molecule has 2 rings (SSSR count). The van der Waals surface area contributed by atoms with Gasteiger partial charge in [-0.05, 0) is 29.8 Å². The molecule has 0 bridgehead atoms. The third kappa shape index (κ3) is 4.91. The molecule has 0 atom stereocenters. The first kappa shape index (κ1) is 15.0. The van der Waals surface area contributed by atoms with Crippen LogP contribution in [0.2, 0.25) is 0 Å². The third-order valence-electron chi connectivity index (χ3n) is 3.09. The van der Waals surface area contributed by atoms with Gasteiger partial charge in [0.1, 0.15) is 11.6 Å². The van der Waals surface area contributed by atoms with Crippen LogP contribution in [-0.2, 0) is 11.3 Å². The predicted molar refractivity (Wildman–Crippen MR) is 79.4 cm³/mol. The molecule has 2 aromatic carbocycles. The zero-order chi connectivity index (χ0) is 15.1. The molecular weight excluding hydrogens is 269 g/mol. The van der Waals surface area contributed by atoms with Gasteiger partial charge in [0.15, 0.2) is 0 Å². The first-order valence-corrected chi connectivity index (χ1v) is 6.81. The zero-order valence-electron chi connectivity index (χ0n) is 12.0. The van der Waals surface area contributed by atoms with Crippen molar-refractivity contribution in [2.45, 2.75) is 13.0 Å². The van der Waals surface area contributed by atoms with Gasteiger partial charge in [-0.15, -0.1) is 0 Å². The maximum atomic E-state index is 12.8. The quantitative estimate of drug-likeness (QED) is 0.816. The molecule has 0 N–H and O–H groups in total. The number of halogens is 1. The van der Waals surface area contributed by atoms with E-state index >= 15 is 0 Å². The lowest BCUT2D eigenvalue weighted by molar-refractivity contribution is -0.130. The van der Waals surface area contributed by atoms with Crippen molar-refractivity contribution in [3.8, 4) is 5.75 Å². The average molecular weight is 287 g/mol. The van der Waals surface area contributed by atoms with Crippen LogP contribution < -0.4 is 4.74 Å². The fourth-order valence-electron chi connectivity index (χ4n) is 1.92. The summed E-state index contributed by atoms with van der Waals surface area (Å²) < 4.78 is 18.3. The summed E-state index contributed by atoms with van der Waals surface area (Å²) in [4.78, 5) is 13.6. The summed E-state index contributed by atoms with van der Waals surface area (Å²) in [5.74, 6) is 0.478. The summed E-state index contributed by atoms with van der Waals surface area (Å²) >= 11 is 0. The van der Waals surface area contributed by atoms with Gasteiger partial charge in [-0.1, -0.05) is 30.3 Å². The van der Waals surface area contributed by atoms with E-state index in [1.807, 2.05) is 30.3 Å². The molecule has 0 aliphatic carbocycles. The molecule has 4 heteroatoms. The van der Waals surface area contributed by atoms with Gasteiger partial charge in [0.25, 0.3) is 0 Å². The number of amides is 1. The first-order chi connectivity index (χ1) is 10.1. The smallest absolute Gasteiger partial charge is 0.226 e. The minimum absolute atomic E-state index is 0.00439. The molecule has 0 aliphatic rings. The van der Waals surface area contributed by atoms with E-state index in [4.69, 9.17) is 4.74 Å². The van der Waals surface area contributed by atoms with Gasteiger partial charge in [-0.25, -0.2) is 4.39 Å². The van der Waals surface area contributed by atoms with Crippen molar-refractivity contribution in [2.75, 3.05) is 13.7 Å². The Morgan fingerprint density at radius 1 is 1.10 bits per heavy atom. The van der Waals surface area contributed by atoms with Gasteiger partial charge < -0.3 is 9.64 Å². The Balaban J connectivity index is 1.76. The highest BCUT2D eigenvalue weighted by Crippen LogP contribution is 2.10. The van der Waals surface area contributed by atoms with Crippen LogP contribution in [0, 0.1) is 5.82 Å². The van der Waals surface area contributed by atoms with Gasteiger partial charge in [-0.2, -0.15) is 0 Å². The predicted octanol–water partition coefficient (Wildman–Crippen LogP) is 3.25. The highest BCUT2D eigenvalue weighted by Gasteiger charge is 2.09. The number of carbonyl (C=O) groups is 1. The molecule has 0 aliphatic heterocycles. The normalized spacial score (nSPS) is 10.2. The number of hydrogen-bond acceptors (Lipinski definition) is 2. The third-order valence-corrected chi connectivity index (χ3v) is 3.09. The molecule has 0 aromatic heterocycles. The number of ether oxygens (including phenoxy) is 1. The van der Waals surface area contributed by atoms with E-state index in [1.165, 1.54) is 12.1 Å². The minimum atomic E-state index is -0.274. The molecule has 21 heavy (non-hydrogen) atoms. The molecule has 0 saturated heterocycles. The van der Waals surface area contributed by atoms with Crippen LogP contribution >= 0.6 is 0 Å². The van der Waals surface area contributed by atoms with E-state index in [-0.39, 0.29) is 11.7 Å². The maximum absolute atomic E-state index is 12.8. The standard InChI is InChI=1S/C17H18FNO2/c1-19(13-14-7-9-15(18)10-8-14)17(20)11-12-21-16-5-3-2-4-6-16/h2-10H,11-13H2,1H3. The van der Waals surface area contributed by atoms with Crippen LogP contribution in [-0.4, -0.2) is 24.5 Å². The summed E-state index contributed by atoms with van der Waals surface area (Å²) in [6.07, 6.45) is 0.312. The molecule has 1 amide bonds. The summed E-state index contributed by atoms with van der Waals surface area (Å²) in [6.45, 7) is 0.807. The molecule has 2 aromatic rings. The number of rotatable bonds is 6. The Kier molecular flexibility index (Phi) is 5.32. The Hall–Kier alpha value is -2.36. The van der Waals surface area contributed by atoms with Crippen molar-refractivity contribution in [2.24, 2.45) is 0 Å². The first-order valence-electron chi connectivity index (χ1n) is 6.81. The minimum Gasteiger partial charge on any atom is -0.493 e. The van der Waals surface area contributed by atoms with Crippen molar-refractivity contribution in [3.05, 3.63) is 66.0 Å². The van der Waals surface area contributed by atoms with Gasteiger partial charge in [0.2, 0.25) is 5.91 Å². The summed E-state index contributed by atoms with van der Waals surface area (Å²) in [6, 6.07) is 15.5. The zero-order valence-corrected chi connectivity index (χ0v) is 12.0. The molecule has 3 nitrogen and oxygen atoms in total. The Morgan fingerprint density at radius 3 is 2.43 bits per heavy atom. The molecule has 0 spiro atoms. The number of benzene rings is 2. The van der Waals surface area contributed by atoms with E-state index < -0.39 is 0 Å². The van der Waals surface area contributed by atoms with E-state index in [9.17, 15) is 9.18 Å². The van der Waals surface area contributed by atoms with E-state index in [0.717, 1.165) is 11.3 Å². The Labute approximate surface area is 124 Å². The monoisotopic (exact) mass is 287 g/mol. The molecule has 0 radical (unpaired) electrons. The summed E-state index contributed by atoms with van der Waals surface area (Å²) in [5.41, 5.74) is 0.899. The topological polar surface area (TPSA) is 29.5 Å². The summed E-state index contributed by atoms with van der Waals surface area (Å²) in [7, 11) is 1.73. The fourth-order valence-corrected chi connectivity index (χ4v) is 1.92. The van der Waals surface area contributed by atoms with Crippen LogP contribution in [0.5, 0.6) is 5.75 Å². The van der Waals surface area contributed by atoms with Crippen molar-refractivity contribution >= 4 is 5.91 Å². The van der Waals surface area contributed by atoms with Crippen LogP contribution in [0.4, 0.5) is 4.39 Å². The average Bonchev–Trinajstić information content (AvgIpc) is 2.50. The molecule has 110 valence electrons. The van der Waals surface area contributed by atoms with Crippen LogP contribution in [0.25, 0.3) is 0 Å². The lowest BCUT2D eigenvalue weighted by Gasteiger charge is -2.17. The molecule has 0 fully saturated rings. The van der Waals surface area contributed by atoms with Gasteiger partial charge in [0.05, 0.1) is 13.0 Å². The Morgan fingerprint density at radius 2 is 1.76 bits per heavy atom. The lowest BCUT2D eigenvalue weighted by atomic mass is 10.2. The van der Waals surface area contributed by atoms with Gasteiger partial charge in [0, 0.05) is 13.6 Å². The van der Waals surface area contributed by atoms with Gasteiger partial charge >= 0.3 is 0 Å². The second-order valence-corrected chi connectivity index (χ2v) is 4.79. The number of hydrogen-bond donors (Lipinski definition) is 0. The fraction of sp³-hybridized carbons (Fsp3) is 0.235. The summed E-state index contributed by atoms with van der Waals surface area (Å²) in [5, 5.41) is 0. The SMILES string of the molecule is CN(Cc1ccc(F)cc1)C(=O)CCOc1ccccc1. The second kappa shape index (κ2) is 7.43. The van der Waals surface area contributed by atoms with E-state index in [2.05, 4.69) is 0 Å². The Bertz CT molecular complexity index is 569. The van der Waals surface area contributed by atoms with Crippen LogP contribution in [0.3, 0.4) is 0 Å². The molecule has 0 heterocycles. The van der Waals surface area contributed by atoms with Crippen LogP contribution in [0.15, 0.2) is 54.6 Å². The molecule has 0 unspecified atom stereocenters. The van der Waals surface area contributed by atoms with Crippen molar-refractivity contribution in [1.29, 1.82) is 0 Å². The maximum Gasteiger partial charge on any atom is 0.226 e. The number of para-hydroxylation sites is 1. The van der Waals surface area contributed by atoms with Gasteiger partial charge in [-0.3, -0.25) is 4.79 Å². The highest BCUT2D eigenvalue weighted by molar-refractivity contribution is 5.76. The van der Waals surface area contributed by atoms with Crippen molar-refractivity contribution < 1.29 is 13.9 Å². The number of nitrogens with zero attached hydrogens (tertiary/aromatic N) is 1. The van der Waals surface area contributed by atoms with Crippen LogP contribution in [0.1, 0.15) is 12.0 Å². The van der Waals surface area contributed by atoms with E-state index in [1.54, 1.807) is 24.1 Å². The second-order valence-electron chi connectivity index (χ2n) is 4.79. The molecule has 0 saturated carbocycles. The highest BCUT2D eigenvalue weighted by atomic mass is 19.1. The largest absolute Gasteiger partial charge is 0.493 e. The van der Waals surface area contributed by atoms with Crippen molar-refractivity contribution in [3.63, 3.8) is 0 Å². The molecular formula is C17H18FNO2. The number of carbonyl (C=O) groups excluding carboxylic acids is 1.